The van der Waals surface area contributed by atoms with Gasteiger partial charge in [-0.1, -0.05) is 19.8 Å². The number of hydrogen-bond donors (Lipinski definition) is 2. The molecule has 15 heavy (non-hydrogen) atoms. The number of H-pyrrole nitrogens is 1. The largest absolute Gasteiger partial charge is 0.382 e. The van der Waals surface area contributed by atoms with E-state index in [1.54, 1.807) is 0 Å². The zero-order chi connectivity index (χ0) is 10.5. The van der Waals surface area contributed by atoms with E-state index in [4.69, 9.17) is 5.73 Å². The molecule has 1 aromatic heterocycles. The van der Waals surface area contributed by atoms with E-state index >= 15 is 0 Å². The van der Waals surface area contributed by atoms with Gasteiger partial charge in [0.15, 0.2) is 0 Å². The fraction of sp³-hybridized carbons (Fsp3) is 0.750. The molecule has 0 radical (unpaired) electrons. The van der Waals surface area contributed by atoms with Crippen LogP contribution in [0.4, 0.5) is 5.82 Å². The van der Waals surface area contributed by atoms with Gasteiger partial charge in [-0.05, 0) is 31.6 Å². The SMILES string of the molecule is CCCc1c(N)n[nH]c1[C@@]12CCC[C@@H]1C2. The summed E-state index contributed by atoms with van der Waals surface area (Å²) in [6, 6.07) is 0. The summed E-state index contributed by atoms with van der Waals surface area (Å²) in [5.41, 5.74) is 9.08. The van der Waals surface area contributed by atoms with Crippen LogP contribution < -0.4 is 5.73 Å². The van der Waals surface area contributed by atoms with E-state index in [2.05, 4.69) is 17.1 Å². The molecule has 3 rings (SSSR count). The maximum Gasteiger partial charge on any atom is 0.148 e. The van der Waals surface area contributed by atoms with Crippen LogP contribution in [0.3, 0.4) is 0 Å². The molecule has 3 heteroatoms. The van der Waals surface area contributed by atoms with Crippen LogP contribution >= 0.6 is 0 Å². The van der Waals surface area contributed by atoms with Crippen molar-refractivity contribution < 1.29 is 0 Å². The molecule has 3 nitrogen and oxygen atoms in total. The van der Waals surface area contributed by atoms with Crippen LogP contribution in [0.5, 0.6) is 0 Å². The molecular weight excluding hydrogens is 186 g/mol. The van der Waals surface area contributed by atoms with E-state index in [-0.39, 0.29) is 0 Å². The Hall–Kier alpha value is -0.990. The van der Waals surface area contributed by atoms with Crippen LogP contribution in [-0.4, -0.2) is 10.2 Å². The lowest BCUT2D eigenvalue weighted by atomic mass is 9.94. The molecule has 0 spiro atoms. The summed E-state index contributed by atoms with van der Waals surface area (Å²) < 4.78 is 0. The van der Waals surface area contributed by atoms with E-state index in [9.17, 15) is 0 Å². The topological polar surface area (TPSA) is 54.7 Å². The molecule has 2 saturated carbocycles. The molecule has 2 aliphatic carbocycles. The predicted molar refractivity (Wildman–Crippen MR) is 60.6 cm³/mol. The predicted octanol–water partition coefficient (Wildman–Crippen LogP) is 2.39. The molecular formula is C12H19N3. The third-order valence-electron chi connectivity index (χ3n) is 4.30. The molecule has 2 aliphatic rings. The number of nitrogens with zero attached hydrogens (tertiary/aromatic N) is 1. The molecule has 0 aliphatic heterocycles. The second-order valence-corrected chi connectivity index (χ2v) is 5.16. The molecule has 1 heterocycles. The van der Waals surface area contributed by atoms with Crippen molar-refractivity contribution in [3.8, 4) is 0 Å². The highest BCUT2D eigenvalue weighted by Gasteiger charge is 2.59. The van der Waals surface area contributed by atoms with Crippen LogP contribution in [-0.2, 0) is 11.8 Å². The summed E-state index contributed by atoms with van der Waals surface area (Å²) >= 11 is 0. The summed E-state index contributed by atoms with van der Waals surface area (Å²) in [5, 5.41) is 7.41. The molecule has 0 aromatic carbocycles. The van der Waals surface area contributed by atoms with Crippen molar-refractivity contribution in [1.29, 1.82) is 0 Å². The molecule has 2 atom stereocenters. The van der Waals surface area contributed by atoms with Crippen molar-refractivity contribution in [1.82, 2.24) is 10.2 Å². The zero-order valence-corrected chi connectivity index (χ0v) is 9.34. The average Bonchev–Trinajstić information content (AvgIpc) is 2.60. The number of aromatic nitrogens is 2. The minimum Gasteiger partial charge on any atom is -0.382 e. The van der Waals surface area contributed by atoms with Crippen molar-refractivity contribution in [2.24, 2.45) is 5.92 Å². The average molecular weight is 205 g/mol. The summed E-state index contributed by atoms with van der Waals surface area (Å²) in [6.45, 7) is 2.20. The van der Waals surface area contributed by atoms with Crippen LogP contribution in [0.15, 0.2) is 0 Å². The Morgan fingerprint density at radius 1 is 1.60 bits per heavy atom. The third-order valence-corrected chi connectivity index (χ3v) is 4.30. The lowest BCUT2D eigenvalue weighted by Crippen LogP contribution is -2.09. The van der Waals surface area contributed by atoms with Gasteiger partial charge >= 0.3 is 0 Å². The minimum atomic E-state index is 0.467. The van der Waals surface area contributed by atoms with Crippen molar-refractivity contribution in [2.45, 2.75) is 50.9 Å². The number of hydrogen-bond acceptors (Lipinski definition) is 2. The first-order valence-electron chi connectivity index (χ1n) is 6.11. The molecule has 2 fully saturated rings. The maximum absolute atomic E-state index is 5.93. The van der Waals surface area contributed by atoms with Gasteiger partial charge in [-0.3, -0.25) is 5.10 Å². The van der Waals surface area contributed by atoms with Crippen molar-refractivity contribution in [3.05, 3.63) is 11.3 Å². The van der Waals surface area contributed by atoms with Crippen molar-refractivity contribution in [3.63, 3.8) is 0 Å². The third kappa shape index (κ3) is 1.15. The Bertz CT molecular complexity index is 382. The molecule has 1 aromatic rings. The van der Waals surface area contributed by atoms with Gasteiger partial charge in [-0.25, -0.2) is 0 Å². The lowest BCUT2D eigenvalue weighted by molar-refractivity contribution is 0.624. The maximum atomic E-state index is 5.93. The highest BCUT2D eigenvalue weighted by molar-refractivity contribution is 5.48. The number of aromatic amines is 1. The van der Waals surface area contributed by atoms with Gasteiger partial charge in [0.05, 0.1) is 0 Å². The molecule has 82 valence electrons. The van der Waals surface area contributed by atoms with Gasteiger partial charge in [0.2, 0.25) is 0 Å². The van der Waals surface area contributed by atoms with E-state index in [1.165, 1.54) is 36.9 Å². The monoisotopic (exact) mass is 205 g/mol. The van der Waals surface area contributed by atoms with E-state index in [1.807, 2.05) is 0 Å². The van der Waals surface area contributed by atoms with Gasteiger partial charge in [-0.2, -0.15) is 5.10 Å². The Labute approximate surface area is 90.4 Å². The number of anilines is 1. The van der Waals surface area contributed by atoms with E-state index < -0.39 is 0 Å². The molecule has 0 unspecified atom stereocenters. The minimum absolute atomic E-state index is 0.467. The highest BCUT2D eigenvalue weighted by atomic mass is 15.2. The first-order chi connectivity index (χ1) is 7.28. The Balaban J connectivity index is 1.98. The number of nitrogens with one attached hydrogen (secondary N) is 1. The number of rotatable bonds is 3. The van der Waals surface area contributed by atoms with Gasteiger partial charge in [0.1, 0.15) is 5.82 Å². The lowest BCUT2D eigenvalue weighted by Gasteiger charge is -2.12. The summed E-state index contributed by atoms with van der Waals surface area (Å²) in [7, 11) is 0. The molecule has 0 amide bonds. The van der Waals surface area contributed by atoms with Crippen LogP contribution in [0.1, 0.15) is 50.3 Å². The van der Waals surface area contributed by atoms with Gasteiger partial charge < -0.3 is 5.73 Å². The number of nitrogens with two attached hydrogens (primary N) is 1. The molecule has 0 bridgehead atoms. The quantitative estimate of drug-likeness (QED) is 0.796. The molecule has 3 N–H and O–H groups in total. The first-order valence-corrected chi connectivity index (χ1v) is 6.11. The van der Waals surface area contributed by atoms with E-state index in [0.717, 1.165) is 24.6 Å². The smallest absolute Gasteiger partial charge is 0.148 e. The van der Waals surface area contributed by atoms with Crippen LogP contribution in [0.25, 0.3) is 0 Å². The summed E-state index contributed by atoms with van der Waals surface area (Å²) in [6.07, 6.45) is 7.73. The molecule has 0 saturated heterocycles. The first kappa shape index (κ1) is 9.25. The number of nitrogen functional groups attached to an aromatic ring is 1. The Morgan fingerprint density at radius 2 is 2.47 bits per heavy atom. The van der Waals surface area contributed by atoms with Gasteiger partial charge in [0, 0.05) is 16.7 Å². The second-order valence-electron chi connectivity index (χ2n) is 5.16. The Kier molecular flexibility index (Phi) is 1.85. The summed E-state index contributed by atoms with van der Waals surface area (Å²) in [5.74, 6) is 1.66. The van der Waals surface area contributed by atoms with Crippen LogP contribution in [0, 0.1) is 5.92 Å². The van der Waals surface area contributed by atoms with Gasteiger partial charge in [0.25, 0.3) is 0 Å². The second kappa shape index (κ2) is 3.00. The van der Waals surface area contributed by atoms with Crippen molar-refractivity contribution in [2.75, 3.05) is 5.73 Å². The van der Waals surface area contributed by atoms with Crippen LogP contribution in [0.2, 0.25) is 0 Å². The van der Waals surface area contributed by atoms with Gasteiger partial charge in [-0.15, -0.1) is 0 Å². The van der Waals surface area contributed by atoms with E-state index in [0.29, 0.717) is 5.41 Å². The number of fused-ring (bicyclic) bond motifs is 1. The zero-order valence-electron chi connectivity index (χ0n) is 9.34. The summed E-state index contributed by atoms with van der Waals surface area (Å²) in [4.78, 5) is 0. The Morgan fingerprint density at radius 3 is 3.07 bits per heavy atom. The standard InChI is InChI=1S/C12H19N3/c1-2-4-9-10(14-15-11(9)13)12-6-3-5-8(12)7-12/h8H,2-7H2,1H3,(H3,13,14,15)/t8-,12-/m1/s1. The van der Waals surface area contributed by atoms with Crippen molar-refractivity contribution >= 4 is 5.82 Å². The highest BCUT2D eigenvalue weighted by Crippen LogP contribution is 2.64. The fourth-order valence-corrected chi connectivity index (χ4v) is 3.45. The fourth-order valence-electron chi connectivity index (χ4n) is 3.45. The normalized spacial score (nSPS) is 33.0.